The Balaban J connectivity index is 0.000000614. The van der Waals surface area contributed by atoms with Gasteiger partial charge in [-0.05, 0) is 112 Å². The number of nitrogens with two attached hydrogens (primary N) is 1. The van der Waals surface area contributed by atoms with Gasteiger partial charge in [-0.25, -0.2) is 9.59 Å². The van der Waals surface area contributed by atoms with Crippen LogP contribution in [-0.4, -0.2) is 102 Å². The summed E-state index contributed by atoms with van der Waals surface area (Å²) in [5.41, 5.74) is 7.75. The molecule has 0 aliphatic heterocycles. The number of ketones is 2. The van der Waals surface area contributed by atoms with E-state index in [1.54, 1.807) is 48.8 Å². The number of hydrogen-bond donors (Lipinski definition) is 7. The number of rotatable bonds is 25. The van der Waals surface area contributed by atoms with Crippen LogP contribution in [0.2, 0.25) is 0 Å². The summed E-state index contributed by atoms with van der Waals surface area (Å²) in [5, 5.41) is 29.0. The number of carbonyl (C=O) groups excluding carboxylic acids is 6. The van der Waals surface area contributed by atoms with Gasteiger partial charge in [0.25, 0.3) is 0 Å². The SMILES string of the molecule is CCC(NC(=O)[C@H](CC(C)C)NC(=O)CCc1ccccc1)C(=O)C(=O)CCc1cccc(OC)c1.CCC(NC(=O)[C@H](CC(C)C)NC(=O)OC(C)(C)C)C(O)C(=O)O.COc1cccc(CN)c1. The topological polar surface area (TPSA) is 262 Å². The second-order valence-electron chi connectivity index (χ2n) is 18.5. The first-order valence-corrected chi connectivity index (χ1v) is 23.8. The summed E-state index contributed by atoms with van der Waals surface area (Å²) >= 11 is 0. The molecular weight excluding hydrogens is 899 g/mol. The zero-order chi connectivity index (χ0) is 53.0. The molecule has 0 aliphatic rings. The maximum atomic E-state index is 13.0. The predicted octanol–water partition coefficient (Wildman–Crippen LogP) is 6.24. The number of alkyl carbamates (subject to hydrolysis) is 1. The summed E-state index contributed by atoms with van der Waals surface area (Å²) in [7, 11) is 3.22. The number of nitrogens with one attached hydrogen (secondary N) is 4. The van der Waals surface area contributed by atoms with Crippen LogP contribution in [0.4, 0.5) is 4.79 Å². The van der Waals surface area contributed by atoms with Gasteiger partial charge in [0.1, 0.15) is 29.2 Å². The number of aliphatic carboxylic acids is 1. The first kappa shape index (κ1) is 61.7. The van der Waals surface area contributed by atoms with Crippen LogP contribution in [0.1, 0.15) is 118 Å². The first-order valence-electron chi connectivity index (χ1n) is 23.8. The third-order valence-corrected chi connectivity index (χ3v) is 10.4. The number of methoxy groups -OCH3 is 2. The molecule has 3 rings (SSSR count). The lowest BCUT2D eigenvalue weighted by Gasteiger charge is -2.26. The highest BCUT2D eigenvalue weighted by Gasteiger charge is 2.32. The number of hydrogen-bond acceptors (Lipinski definition) is 12. The summed E-state index contributed by atoms with van der Waals surface area (Å²) in [4.78, 5) is 86.1. The Morgan fingerprint density at radius 1 is 0.629 bits per heavy atom. The molecule has 0 aliphatic carbocycles. The van der Waals surface area contributed by atoms with Gasteiger partial charge in [0.15, 0.2) is 6.10 Å². The molecule has 3 unspecified atom stereocenters. The smallest absolute Gasteiger partial charge is 0.408 e. The fourth-order valence-corrected chi connectivity index (χ4v) is 6.71. The van der Waals surface area contributed by atoms with E-state index >= 15 is 0 Å². The van der Waals surface area contributed by atoms with E-state index in [1.807, 2.05) is 107 Å². The van der Waals surface area contributed by atoms with E-state index in [-0.39, 0.29) is 43.4 Å². The van der Waals surface area contributed by atoms with E-state index in [2.05, 4.69) is 21.3 Å². The molecular formula is C53H79N5O12. The lowest BCUT2D eigenvalue weighted by molar-refractivity contribution is -0.148. The van der Waals surface area contributed by atoms with Crippen LogP contribution in [0, 0.1) is 11.8 Å². The Bertz CT molecular complexity index is 2070. The number of Topliss-reactive ketones (excluding diaryl/α,β-unsaturated/α-hetero) is 2. The van der Waals surface area contributed by atoms with Crippen molar-refractivity contribution in [1.29, 1.82) is 0 Å². The lowest BCUT2D eigenvalue weighted by atomic mass is 9.98. The number of carbonyl (C=O) groups is 7. The molecule has 70 heavy (non-hydrogen) atoms. The quantitative estimate of drug-likeness (QED) is 0.0464. The summed E-state index contributed by atoms with van der Waals surface area (Å²) < 4.78 is 15.3. The highest BCUT2D eigenvalue weighted by atomic mass is 16.6. The molecule has 0 heterocycles. The molecule has 4 amide bonds. The van der Waals surface area contributed by atoms with Crippen LogP contribution in [0.15, 0.2) is 78.9 Å². The molecule has 0 aromatic heterocycles. The molecule has 0 saturated carbocycles. The minimum Gasteiger partial charge on any atom is -0.497 e. The monoisotopic (exact) mass is 978 g/mol. The summed E-state index contributed by atoms with van der Waals surface area (Å²) in [6, 6.07) is 21.2. The van der Waals surface area contributed by atoms with Crippen molar-refractivity contribution in [3.8, 4) is 11.5 Å². The summed E-state index contributed by atoms with van der Waals surface area (Å²) in [6.07, 6.45) is 0.137. The van der Waals surface area contributed by atoms with Crippen LogP contribution >= 0.6 is 0 Å². The second-order valence-corrected chi connectivity index (χ2v) is 18.5. The van der Waals surface area contributed by atoms with Gasteiger partial charge in [-0.15, -0.1) is 0 Å². The number of carboxylic acids is 1. The van der Waals surface area contributed by atoms with Gasteiger partial charge < -0.3 is 51.4 Å². The Kier molecular flexibility index (Phi) is 28.6. The van der Waals surface area contributed by atoms with Gasteiger partial charge in [-0.3, -0.25) is 24.0 Å². The van der Waals surface area contributed by atoms with Crippen molar-refractivity contribution in [2.75, 3.05) is 14.2 Å². The minimum absolute atomic E-state index is 0.0457. The maximum absolute atomic E-state index is 13.0. The number of ether oxygens (including phenoxy) is 3. The fourth-order valence-electron chi connectivity index (χ4n) is 6.71. The highest BCUT2D eigenvalue weighted by Crippen LogP contribution is 2.16. The molecule has 0 fully saturated rings. The van der Waals surface area contributed by atoms with Gasteiger partial charge in [0.05, 0.1) is 26.3 Å². The molecule has 8 N–H and O–H groups in total. The Morgan fingerprint density at radius 2 is 1.13 bits per heavy atom. The highest BCUT2D eigenvalue weighted by molar-refractivity contribution is 6.39. The Hall–Kier alpha value is -6.33. The summed E-state index contributed by atoms with van der Waals surface area (Å²) in [5.74, 6) is -1.98. The van der Waals surface area contributed by atoms with E-state index in [1.165, 1.54) is 0 Å². The van der Waals surface area contributed by atoms with E-state index in [0.717, 1.165) is 22.4 Å². The van der Waals surface area contributed by atoms with Crippen molar-refractivity contribution in [1.82, 2.24) is 21.3 Å². The number of aliphatic hydroxyl groups is 1. The lowest BCUT2D eigenvalue weighted by Crippen LogP contribution is -2.54. The van der Waals surface area contributed by atoms with Crippen LogP contribution in [-0.2, 0) is 52.9 Å². The van der Waals surface area contributed by atoms with Crippen LogP contribution in [0.25, 0.3) is 0 Å². The third-order valence-electron chi connectivity index (χ3n) is 10.4. The zero-order valence-electron chi connectivity index (χ0n) is 43.0. The largest absolute Gasteiger partial charge is 0.497 e. The van der Waals surface area contributed by atoms with Crippen molar-refractivity contribution < 1.29 is 58.0 Å². The van der Waals surface area contributed by atoms with Crippen molar-refractivity contribution in [2.45, 2.75) is 156 Å². The Morgan fingerprint density at radius 3 is 1.61 bits per heavy atom. The Labute approximate surface area is 414 Å². The molecule has 3 aromatic carbocycles. The zero-order valence-corrected chi connectivity index (χ0v) is 43.0. The standard InChI is InChI=1S/C29H38N2O5.C16H30N2O6.C8H11NO/c1-5-24(28(34)26(32)16-14-22-12-9-13-23(19-22)36-4)31-29(35)25(18-20(2)3)30-27(33)17-15-21-10-7-6-8-11-21;1-7-10(12(19)14(21)22)17-13(20)11(8-9(2)3)18-15(23)24-16(4,5)6;1-10-8-4-2-3-7(5-8)6-9/h6-13,19-20,24-25H,5,14-18H2,1-4H3,(H,30,33)(H,31,35);9-12,19H,7-8H2,1-6H3,(H,17,20)(H,18,23)(H,21,22);2-5H,6,9H2,1H3/t24?,25-;10?,11-,12?;/m00./s1. The van der Waals surface area contributed by atoms with Crippen molar-refractivity contribution in [3.63, 3.8) is 0 Å². The molecule has 0 radical (unpaired) electrons. The molecule has 17 nitrogen and oxygen atoms in total. The fraction of sp³-hybridized carbons (Fsp3) is 0.528. The first-order chi connectivity index (χ1) is 33.0. The molecule has 0 saturated heterocycles. The van der Waals surface area contributed by atoms with Gasteiger partial charge in [-0.1, -0.05) is 96.1 Å². The number of benzene rings is 3. The summed E-state index contributed by atoms with van der Waals surface area (Å²) in [6.45, 7) is 16.8. The average molecular weight is 978 g/mol. The molecule has 388 valence electrons. The van der Waals surface area contributed by atoms with Crippen molar-refractivity contribution in [2.24, 2.45) is 17.6 Å². The average Bonchev–Trinajstić information content (AvgIpc) is 3.32. The number of amides is 4. The van der Waals surface area contributed by atoms with Gasteiger partial charge in [-0.2, -0.15) is 0 Å². The van der Waals surface area contributed by atoms with Gasteiger partial charge in [0, 0.05) is 19.4 Å². The van der Waals surface area contributed by atoms with Crippen LogP contribution in [0.5, 0.6) is 11.5 Å². The third kappa shape index (κ3) is 25.3. The van der Waals surface area contributed by atoms with Crippen molar-refractivity contribution >= 4 is 41.4 Å². The van der Waals surface area contributed by atoms with E-state index in [0.29, 0.717) is 38.0 Å². The van der Waals surface area contributed by atoms with Crippen molar-refractivity contribution in [3.05, 3.63) is 95.6 Å². The van der Waals surface area contributed by atoms with E-state index in [9.17, 15) is 38.7 Å². The van der Waals surface area contributed by atoms with Gasteiger partial charge >= 0.3 is 12.1 Å². The predicted molar refractivity (Wildman–Crippen MR) is 269 cm³/mol. The maximum Gasteiger partial charge on any atom is 0.408 e. The number of aliphatic hydroxyl groups excluding tert-OH is 1. The second kappa shape index (κ2) is 32.5. The molecule has 0 bridgehead atoms. The van der Waals surface area contributed by atoms with Crippen LogP contribution < -0.4 is 36.5 Å². The van der Waals surface area contributed by atoms with Gasteiger partial charge in [0.2, 0.25) is 29.3 Å². The molecule has 3 aromatic rings. The molecule has 5 atom stereocenters. The van der Waals surface area contributed by atoms with Crippen LogP contribution in [0.3, 0.4) is 0 Å². The molecule has 0 spiro atoms. The minimum atomic E-state index is -1.71. The molecule has 17 heteroatoms. The number of carboxylic acid groups (broad SMARTS) is 1. The van der Waals surface area contributed by atoms with E-state index < -0.39 is 71.3 Å². The number of aryl methyl sites for hydroxylation is 2. The normalized spacial score (nSPS) is 13.0. The van der Waals surface area contributed by atoms with E-state index in [4.69, 9.17) is 25.1 Å².